The van der Waals surface area contributed by atoms with E-state index < -0.39 is 0 Å². The molecule has 1 atom stereocenters. The number of imidazole rings is 1. The third kappa shape index (κ3) is 3.49. The van der Waals surface area contributed by atoms with E-state index >= 15 is 0 Å². The molecule has 0 aliphatic carbocycles. The molecule has 0 saturated heterocycles. The summed E-state index contributed by atoms with van der Waals surface area (Å²) in [6, 6.07) is 8.74. The summed E-state index contributed by atoms with van der Waals surface area (Å²) in [5.41, 5.74) is 1.11. The minimum Gasteiger partial charge on any atom is -0.334 e. The molecule has 110 valence electrons. The zero-order valence-electron chi connectivity index (χ0n) is 12.4. The molecule has 3 rings (SSSR count). The van der Waals surface area contributed by atoms with Gasteiger partial charge in [0, 0.05) is 37.9 Å². The molecule has 0 bridgehead atoms. The molecule has 2 aromatic heterocycles. The Morgan fingerprint density at radius 1 is 1.33 bits per heavy atom. The van der Waals surface area contributed by atoms with Gasteiger partial charge < -0.3 is 9.88 Å². The molecule has 1 aromatic carbocycles. The molecule has 0 aliphatic rings. The van der Waals surface area contributed by atoms with Gasteiger partial charge in [-0.05, 0) is 26.0 Å². The quantitative estimate of drug-likeness (QED) is 0.761. The average Bonchev–Trinajstić information content (AvgIpc) is 3.05. The predicted octanol–water partition coefficient (Wildman–Crippen LogP) is 3.02. The number of hydrogen-bond acceptors (Lipinski definition) is 4. The van der Waals surface area contributed by atoms with Gasteiger partial charge in [-0.3, -0.25) is 0 Å². The van der Waals surface area contributed by atoms with Crippen LogP contribution in [0.2, 0.25) is 0 Å². The maximum absolute atomic E-state index is 4.66. The van der Waals surface area contributed by atoms with Crippen LogP contribution in [0.15, 0.2) is 36.7 Å². The first-order valence-corrected chi connectivity index (χ1v) is 8.09. The van der Waals surface area contributed by atoms with Gasteiger partial charge in [0.2, 0.25) is 0 Å². The van der Waals surface area contributed by atoms with E-state index in [9.17, 15) is 0 Å². The molecular weight excluding hydrogens is 280 g/mol. The van der Waals surface area contributed by atoms with Gasteiger partial charge in [-0.15, -0.1) is 11.3 Å². The SMILES string of the molecule is Cc1nccn1CC(C)NCCc1nc2ccccc2s1. The van der Waals surface area contributed by atoms with Crippen molar-refractivity contribution in [3.63, 3.8) is 0 Å². The van der Waals surface area contributed by atoms with Crippen LogP contribution in [0.1, 0.15) is 17.8 Å². The lowest BCUT2D eigenvalue weighted by Gasteiger charge is -2.14. The van der Waals surface area contributed by atoms with Crippen LogP contribution in [0.5, 0.6) is 0 Å². The van der Waals surface area contributed by atoms with E-state index in [1.165, 1.54) is 9.71 Å². The van der Waals surface area contributed by atoms with Crippen molar-refractivity contribution in [1.82, 2.24) is 19.9 Å². The number of fused-ring (bicyclic) bond motifs is 1. The molecule has 0 amide bonds. The Hall–Kier alpha value is -1.72. The van der Waals surface area contributed by atoms with E-state index in [-0.39, 0.29) is 0 Å². The van der Waals surface area contributed by atoms with Crippen LogP contribution < -0.4 is 5.32 Å². The summed E-state index contributed by atoms with van der Waals surface area (Å²) in [4.78, 5) is 8.91. The van der Waals surface area contributed by atoms with Gasteiger partial charge >= 0.3 is 0 Å². The Morgan fingerprint density at radius 2 is 2.19 bits per heavy atom. The number of nitrogens with zero attached hydrogens (tertiary/aromatic N) is 3. The van der Waals surface area contributed by atoms with E-state index in [2.05, 4.69) is 45.0 Å². The zero-order chi connectivity index (χ0) is 14.7. The number of para-hydroxylation sites is 1. The van der Waals surface area contributed by atoms with E-state index in [4.69, 9.17) is 0 Å². The molecule has 5 heteroatoms. The van der Waals surface area contributed by atoms with Crippen molar-refractivity contribution >= 4 is 21.6 Å². The summed E-state index contributed by atoms with van der Waals surface area (Å²) in [6.07, 6.45) is 4.86. The third-order valence-electron chi connectivity index (χ3n) is 3.56. The van der Waals surface area contributed by atoms with Crippen LogP contribution in [-0.4, -0.2) is 27.1 Å². The molecule has 1 unspecified atom stereocenters. The number of aromatic nitrogens is 3. The molecule has 0 radical (unpaired) electrons. The standard InChI is InChI=1S/C16H20N4S/c1-12(11-20-10-9-18-13(20)2)17-8-7-16-19-14-5-3-4-6-15(14)21-16/h3-6,9-10,12,17H,7-8,11H2,1-2H3. The highest BCUT2D eigenvalue weighted by Gasteiger charge is 2.06. The van der Waals surface area contributed by atoms with Crippen molar-refractivity contribution in [3.8, 4) is 0 Å². The maximum Gasteiger partial charge on any atom is 0.105 e. The van der Waals surface area contributed by atoms with E-state index in [1.807, 2.05) is 25.4 Å². The van der Waals surface area contributed by atoms with E-state index in [0.29, 0.717) is 6.04 Å². The lowest BCUT2D eigenvalue weighted by molar-refractivity contribution is 0.474. The van der Waals surface area contributed by atoms with Gasteiger partial charge in [-0.1, -0.05) is 12.1 Å². The first-order valence-electron chi connectivity index (χ1n) is 7.28. The van der Waals surface area contributed by atoms with Gasteiger partial charge in [0.1, 0.15) is 5.82 Å². The van der Waals surface area contributed by atoms with Crippen LogP contribution >= 0.6 is 11.3 Å². The van der Waals surface area contributed by atoms with Crippen molar-refractivity contribution in [2.75, 3.05) is 6.54 Å². The molecule has 0 fully saturated rings. The molecule has 3 aromatic rings. The fraction of sp³-hybridized carbons (Fsp3) is 0.375. The van der Waals surface area contributed by atoms with Crippen molar-refractivity contribution in [1.29, 1.82) is 0 Å². The van der Waals surface area contributed by atoms with Gasteiger partial charge in [-0.25, -0.2) is 9.97 Å². The van der Waals surface area contributed by atoms with Crippen molar-refractivity contribution < 1.29 is 0 Å². The monoisotopic (exact) mass is 300 g/mol. The summed E-state index contributed by atoms with van der Waals surface area (Å²) in [6.45, 7) is 6.14. The number of benzene rings is 1. The normalized spacial score (nSPS) is 12.9. The smallest absolute Gasteiger partial charge is 0.105 e. The summed E-state index contributed by atoms with van der Waals surface area (Å²) >= 11 is 1.79. The maximum atomic E-state index is 4.66. The Bertz CT molecular complexity index is 683. The van der Waals surface area contributed by atoms with Crippen LogP contribution in [0.4, 0.5) is 0 Å². The molecule has 2 heterocycles. The molecular formula is C16H20N4S. The van der Waals surface area contributed by atoms with Gasteiger partial charge in [0.05, 0.1) is 15.2 Å². The summed E-state index contributed by atoms with van der Waals surface area (Å²) < 4.78 is 3.45. The topological polar surface area (TPSA) is 42.7 Å². The van der Waals surface area contributed by atoms with Gasteiger partial charge in [0.25, 0.3) is 0 Å². The fourth-order valence-electron chi connectivity index (χ4n) is 2.41. The predicted molar refractivity (Wildman–Crippen MR) is 87.8 cm³/mol. The van der Waals surface area contributed by atoms with Crippen LogP contribution in [-0.2, 0) is 13.0 Å². The zero-order valence-corrected chi connectivity index (χ0v) is 13.2. The Balaban J connectivity index is 1.50. The number of rotatable bonds is 6. The third-order valence-corrected chi connectivity index (χ3v) is 4.66. The Kier molecular flexibility index (Phi) is 4.31. The number of thiazole rings is 1. The fourth-order valence-corrected chi connectivity index (χ4v) is 3.38. The highest BCUT2D eigenvalue weighted by molar-refractivity contribution is 7.18. The summed E-state index contributed by atoms with van der Waals surface area (Å²) in [7, 11) is 0. The number of aryl methyl sites for hydroxylation is 1. The molecule has 0 aliphatic heterocycles. The van der Waals surface area contributed by atoms with Crippen molar-refractivity contribution in [3.05, 3.63) is 47.5 Å². The first-order chi connectivity index (χ1) is 10.2. The van der Waals surface area contributed by atoms with E-state index in [1.54, 1.807) is 11.3 Å². The lowest BCUT2D eigenvalue weighted by atomic mass is 10.3. The number of hydrogen-bond donors (Lipinski definition) is 1. The minimum atomic E-state index is 0.423. The van der Waals surface area contributed by atoms with Crippen LogP contribution in [0.25, 0.3) is 10.2 Å². The van der Waals surface area contributed by atoms with Gasteiger partial charge in [-0.2, -0.15) is 0 Å². The van der Waals surface area contributed by atoms with Gasteiger partial charge in [0.15, 0.2) is 0 Å². The Labute approximate surface area is 128 Å². The second kappa shape index (κ2) is 6.37. The van der Waals surface area contributed by atoms with Crippen LogP contribution in [0, 0.1) is 6.92 Å². The number of nitrogens with one attached hydrogen (secondary N) is 1. The lowest BCUT2D eigenvalue weighted by Crippen LogP contribution is -2.32. The summed E-state index contributed by atoms with van der Waals surface area (Å²) in [5.74, 6) is 1.06. The average molecular weight is 300 g/mol. The second-order valence-corrected chi connectivity index (χ2v) is 6.42. The van der Waals surface area contributed by atoms with Crippen molar-refractivity contribution in [2.45, 2.75) is 32.9 Å². The molecule has 0 saturated carbocycles. The highest BCUT2D eigenvalue weighted by Crippen LogP contribution is 2.21. The molecule has 0 spiro atoms. The molecule has 4 nitrogen and oxygen atoms in total. The molecule has 21 heavy (non-hydrogen) atoms. The van der Waals surface area contributed by atoms with E-state index in [0.717, 1.165) is 30.9 Å². The highest BCUT2D eigenvalue weighted by atomic mass is 32.1. The first kappa shape index (κ1) is 14.2. The largest absolute Gasteiger partial charge is 0.334 e. The second-order valence-electron chi connectivity index (χ2n) is 5.31. The summed E-state index contributed by atoms with van der Waals surface area (Å²) in [5, 5.41) is 4.76. The van der Waals surface area contributed by atoms with Crippen molar-refractivity contribution in [2.24, 2.45) is 0 Å². The minimum absolute atomic E-state index is 0.423. The van der Waals surface area contributed by atoms with Crippen LogP contribution in [0.3, 0.4) is 0 Å². The Morgan fingerprint density at radius 3 is 2.95 bits per heavy atom. The molecule has 1 N–H and O–H groups in total.